The second-order valence-corrected chi connectivity index (χ2v) is 5.45. The summed E-state index contributed by atoms with van der Waals surface area (Å²) in [6.45, 7) is 0.173. The number of ether oxygens (including phenoxy) is 2. The molecule has 1 atom stereocenters. The van der Waals surface area contributed by atoms with Crippen LogP contribution in [0.4, 0.5) is 4.79 Å². The van der Waals surface area contributed by atoms with E-state index in [1.165, 1.54) is 4.90 Å². The normalized spacial score (nSPS) is 19.9. The smallest absolute Gasteiger partial charge is 0.316 e. The summed E-state index contributed by atoms with van der Waals surface area (Å²) in [5, 5.41) is 13.6. The fourth-order valence-corrected chi connectivity index (χ4v) is 2.60. The van der Waals surface area contributed by atoms with Crippen molar-refractivity contribution in [2.45, 2.75) is 18.4 Å². The third-order valence-electron chi connectivity index (χ3n) is 3.86. The summed E-state index contributed by atoms with van der Waals surface area (Å²) in [4.78, 5) is 13.1. The molecule has 0 bridgehead atoms. The molecule has 0 saturated heterocycles. The molecule has 2 N–H and O–H groups in total. The number of amides is 2. The highest BCUT2D eigenvalue weighted by Gasteiger charge is 2.38. The molecule has 2 amide bonds. The van der Waals surface area contributed by atoms with Gasteiger partial charge in [0.15, 0.2) is 11.5 Å². The van der Waals surface area contributed by atoms with Crippen LogP contribution >= 0.6 is 0 Å². The van der Waals surface area contributed by atoms with Gasteiger partial charge in [-0.05, 0) is 36.1 Å². The maximum Gasteiger partial charge on any atom is 0.316 e. The monoisotopic (exact) mass is 294 g/mol. The van der Waals surface area contributed by atoms with E-state index < -0.39 is 5.60 Å². The topological polar surface area (TPSA) is 71.0 Å². The number of hydrogen-bond donors (Lipinski definition) is 2. The molecular weight excluding hydrogens is 272 g/mol. The van der Waals surface area contributed by atoms with Crippen molar-refractivity contribution >= 4 is 6.03 Å². The highest BCUT2D eigenvalue weighted by Crippen LogP contribution is 2.42. The Kier molecular flexibility index (Phi) is 4.27. The fourth-order valence-electron chi connectivity index (χ4n) is 2.60. The van der Waals surface area contributed by atoms with Crippen molar-refractivity contribution < 1.29 is 19.4 Å². The third-order valence-corrected chi connectivity index (χ3v) is 3.86. The van der Waals surface area contributed by atoms with Crippen LogP contribution in [0.15, 0.2) is 12.1 Å². The van der Waals surface area contributed by atoms with E-state index in [0.717, 1.165) is 17.5 Å². The summed E-state index contributed by atoms with van der Waals surface area (Å²) < 4.78 is 10.6. The molecule has 0 spiro atoms. The summed E-state index contributed by atoms with van der Waals surface area (Å²) in [7, 11) is 6.47. The van der Waals surface area contributed by atoms with Crippen molar-refractivity contribution in [1.29, 1.82) is 0 Å². The van der Waals surface area contributed by atoms with Gasteiger partial charge in [-0.15, -0.1) is 0 Å². The highest BCUT2D eigenvalue weighted by molar-refractivity contribution is 5.73. The van der Waals surface area contributed by atoms with Gasteiger partial charge in [-0.1, -0.05) is 0 Å². The quantitative estimate of drug-likeness (QED) is 0.872. The molecule has 21 heavy (non-hydrogen) atoms. The van der Waals surface area contributed by atoms with Gasteiger partial charge in [0.1, 0.15) is 5.60 Å². The van der Waals surface area contributed by atoms with Crippen molar-refractivity contribution in [2.24, 2.45) is 0 Å². The predicted octanol–water partition coefficient (Wildman–Crippen LogP) is 1.11. The molecule has 0 radical (unpaired) electrons. The van der Waals surface area contributed by atoms with Crippen LogP contribution in [0.5, 0.6) is 11.5 Å². The summed E-state index contributed by atoms with van der Waals surface area (Å²) in [5.41, 5.74) is 0.744. The SMILES string of the molecule is COc1cc2c(cc1OC)C(O)(CNC(=O)N(C)C)CC2. The second-order valence-electron chi connectivity index (χ2n) is 5.45. The minimum Gasteiger partial charge on any atom is -0.493 e. The van der Waals surface area contributed by atoms with Crippen LogP contribution in [-0.2, 0) is 12.0 Å². The van der Waals surface area contributed by atoms with Crippen LogP contribution in [0.25, 0.3) is 0 Å². The van der Waals surface area contributed by atoms with E-state index in [1.54, 1.807) is 34.4 Å². The van der Waals surface area contributed by atoms with Crippen LogP contribution in [0.3, 0.4) is 0 Å². The summed E-state index contributed by atoms with van der Waals surface area (Å²) >= 11 is 0. The van der Waals surface area contributed by atoms with Crippen molar-refractivity contribution in [3.05, 3.63) is 23.3 Å². The lowest BCUT2D eigenvalue weighted by atomic mass is 9.95. The van der Waals surface area contributed by atoms with Gasteiger partial charge in [-0.2, -0.15) is 0 Å². The molecule has 2 rings (SSSR count). The zero-order valence-electron chi connectivity index (χ0n) is 12.9. The van der Waals surface area contributed by atoms with Gasteiger partial charge in [0.2, 0.25) is 0 Å². The van der Waals surface area contributed by atoms with E-state index in [0.29, 0.717) is 17.9 Å². The van der Waals surface area contributed by atoms with Gasteiger partial charge in [0, 0.05) is 14.1 Å². The average Bonchev–Trinajstić information content (AvgIpc) is 2.80. The Labute approximate surface area is 124 Å². The Bertz CT molecular complexity index is 545. The molecule has 116 valence electrons. The van der Waals surface area contributed by atoms with E-state index in [2.05, 4.69) is 5.32 Å². The molecule has 0 fully saturated rings. The van der Waals surface area contributed by atoms with Crippen LogP contribution in [0, 0.1) is 0 Å². The Morgan fingerprint density at radius 3 is 2.52 bits per heavy atom. The predicted molar refractivity (Wildman–Crippen MR) is 78.8 cm³/mol. The standard InChI is InChI=1S/C15H22N2O4/c1-17(2)14(18)16-9-15(19)6-5-10-7-12(20-3)13(21-4)8-11(10)15/h7-8,19H,5-6,9H2,1-4H3,(H,16,18). The van der Waals surface area contributed by atoms with E-state index in [9.17, 15) is 9.90 Å². The van der Waals surface area contributed by atoms with Crippen molar-refractivity contribution in [2.75, 3.05) is 34.9 Å². The van der Waals surface area contributed by atoms with Gasteiger partial charge < -0.3 is 24.8 Å². The van der Waals surface area contributed by atoms with Crippen LogP contribution in [0.1, 0.15) is 17.5 Å². The molecule has 1 aliphatic rings. The molecular formula is C15H22N2O4. The molecule has 1 aromatic rings. The lowest BCUT2D eigenvalue weighted by molar-refractivity contribution is 0.0401. The zero-order valence-corrected chi connectivity index (χ0v) is 12.9. The van der Waals surface area contributed by atoms with Crippen LogP contribution in [-0.4, -0.2) is 50.9 Å². The summed E-state index contributed by atoms with van der Waals surface area (Å²) in [6, 6.07) is 3.46. The van der Waals surface area contributed by atoms with Crippen LogP contribution in [0.2, 0.25) is 0 Å². The van der Waals surface area contributed by atoms with Crippen molar-refractivity contribution in [1.82, 2.24) is 10.2 Å². The molecule has 0 aromatic heterocycles. The van der Waals surface area contributed by atoms with Gasteiger partial charge in [-0.25, -0.2) is 4.79 Å². The number of carbonyl (C=O) groups is 1. The van der Waals surface area contributed by atoms with Crippen molar-refractivity contribution in [3.63, 3.8) is 0 Å². The number of nitrogens with zero attached hydrogens (tertiary/aromatic N) is 1. The number of urea groups is 1. The second kappa shape index (κ2) is 5.81. The van der Waals surface area contributed by atoms with Gasteiger partial charge in [0.05, 0.1) is 20.8 Å². The number of carbonyl (C=O) groups excluding carboxylic acids is 1. The van der Waals surface area contributed by atoms with E-state index in [-0.39, 0.29) is 12.6 Å². The number of aryl methyl sites for hydroxylation is 1. The number of nitrogens with one attached hydrogen (secondary N) is 1. The van der Waals surface area contributed by atoms with Crippen LogP contribution < -0.4 is 14.8 Å². The molecule has 1 aromatic carbocycles. The maximum absolute atomic E-state index is 11.6. The Hall–Kier alpha value is -1.95. The minimum atomic E-state index is -1.07. The van der Waals surface area contributed by atoms with Crippen molar-refractivity contribution in [3.8, 4) is 11.5 Å². The maximum atomic E-state index is 11.6. The average molecular weight is 294 g/mol. The first-order valence-electron chi connectivity index (χ1n) is 6.84. The number of fused-ring (bicyclic) bond motifs is 1. The third kappa shape index (κ3) is 2.90. The lowest BCUT2D eigenvalue weighted by Crippen LogP contribution is -2.43. The first kappa shape index (κ1) is 15.4. The number of benzene rings is 1. The Morgan fingerprint density at radius 1 is 1.33 bits per heavy atom. The van der Waals surface area contributed by atoms with Gasteiger partial charge in [0.25, 0.3) is 0 Å². The lowest BCUT2D eigenvalue weighted by Gasteiger charge is -2.26. The van der Waals surface area contributed by atoms with Gasteiger partial charge in [-0.3, -0.25) is 0 Å². The van der Waals surface area contributed by atoms with E-state index in [4.69, 9.17) is 9.47 Å². The molecule has 1 aliphatic carbocycles. The Balaban J connectivity index is 2.25. The number of aliphatic hydroxyl groups is 1. The largest absolute Gasteiger partial charge is 0.493 e. The minimum absolute atomic E-state index is 0.173. The summed E-state index contributed by atoms with van der Waals surface area (Å²) in [5.74, 6) is 1.23. The molecule has 0 saturated carbocycles. The van der Waals surface area contributed by atoms with E-state index in [1.807, 2.05) is 6.07 Å². The summed E-state index contributed by atoms with van der Waals surface area (Å²) in [6.07, 6.45) is 1.30. The molecule has 1 unspecified atom stereocenters. The number of methoxy groups -OCH3 is 2. The van der Waals surface area contributed by atoms with Gasteiger partial charge >= 0.3 is 6.03 Å². The fraction of sp³-hybridized carbons (Fsp3) is 0.533. The Morgan fingerprint density at radius 2 is 1.95 bits per heavy atom. The molecule has 0 heterocycles. The molecule has 6 heteroatoms. The molecule has 0 aliphatic heterocycles. The zero-order chi connectivity index (χ0) is 15.6. The number of hydrogen-bond acceptors (Lipinski definition) is 4. The highest BCUT2D eigenvalue weighted by atomic mass is 16.5. The first-order valence-corrected chi connectivity index (χ1v) is 6.84. The van der Waals surface area contributed by atoms with E-state index >= 15 is 0 Å². The molecule has 6 nitrogen and oxygen atoms in total. The number of rotatable bonds is 4. The first-order chi connectivity index (χ1) is 9.91.